The molecule has 25 heavy (non-hydrogen) atoms. The monoisotopic (exact) mass is 337 g/mol. The molecule has 2 unspecified atom stereocenters. The van der Waals surface area contributed by atoms with E-state index in [1.165, 1.54) is 4.52 Å². The van der Waals surface area contributed by atoms with E-state index in [1.54, 1.807) is 6.07 Å². The quantitative estimate of drug-likeness (QED) is 0.682. The highest BCUT2D eigenvalue weighted by Crippen LogP contribution is 2.23. The standard InChI is InChI=1S/C19H23N5O/c1-12-16(13(2)23-22-12)9-8-15-10-18(25)24-19(21-15)17(11-20-24)14-6-4-3-5-7-14/h3-7,10-13,16,20,22-23H,8-9H2,1-2H3. The fourth-order valence-corrected chi connectivity index (χ4v) is 3.71. The van der Waals surface area contributed by atoms with Gasteiger partial charge in [0.1, 0.15) is 0 Å². The third kappa shape index (κ3) is 2.99. The maximum atomic E-state index is 12.4. The summed E-state index contributed by atoms with van der Waals surface area (Å²) in [5.41, 5.74) is 10.0. The summed E-state index contributed by atoms with van der Waals surface area (Å²) in [6.07, 6.45) is 3.64. The predicted octanol–water partition coefficient (Wildman–Crippen LogP) is 2.12. The molecule has 0 aliphatic carbocycles. The second-order valence-corrected chi connectivity index (χ2v) is 6.87. The van der Waals surface area contributed by atoms with E-state index in [1.807, 2.05) is 36.5 Å². The molecular formula is C19H23N5O. The molecule has 0 radical (unpaired) electrons. The van der Waals surface area contributed by atoms with E-state index in [0.29, 0.717) is 23.6 Å². The van der Waals surface area contributed by atoms with Crippen LogP contribution in [-0.2, 0) is 6.42 Å². The van der Waals surface area contributed by atoms with Crippen LogP contribution in [0.1, 0.15) is 26.0 Å². The number of nitrogens with one attached hydrogen (secondary N) is 3. The van der Waals surface area contributed by atoms with E-state index in [2.05, 4.69) is 29.8 Å². The van der Waals surface area contributed by atoms with Gasteiger partial charge in [-0.3, -0.25) is 20.7 Å². The summed E-state index contributed by atoms with van der Waals surface area (Å²) in [4.78, 5) is 17.2. The Morgan fingerprint density at radius 2 is 1.84 bits per heavy atom. The Balaban J connectivity index is 1.65. The van der Waals surface area contributed by atoms with E-state index in [4.69, 9.17) is 4.98 Å². The number of hydrogen-bond donors (Lipinski definition) is 3. The van der Waals surface area contributed by atoms with Crippen molar-refractivity contribution in [3.05, 3.63) is 58.6 Å². The minimum atomic E-state index is -0.0639. The molecule has 3 heterocycles. The van der Waals surface area contributed by atoms with E-state index in [0.717, 1.165) is 29.7 Å². The van der Waals surface area contributed by atoms with Gasteiger partial charge in [0.2, 0.25) is 0 Å². The van der Waals surface area contributed by atoms with Gasteiger partial charge in [-0.15, -0.1) is 0 Å². The number of aryl methyl sites for hydroxylation is 1. The summed E-state index contributed by atoms with van der Waals surface area (Å²) in [6.45, 7) is 4.37. The molecule has 4 rings (SSSR count). The SMILES string of the molecule is CC1NNC(C)C1CCc1cc(=O)n2[nH]cc(-c3ccccc3)c2n1. The molecule has 130 valence electrons. The number of H-pyrrole nitrogens is 1. The lowest BCUT2D eigenvalue weighted by Gasteiger charge is -2.17. The Morgan fingerprint density at radius 3 is 2.56 bits per heavy atom. The van der Waals surface area contributed by atoms with Crippen LogP contribution >= 0.6 is 0 Å². The first-order valence-corrected chi connectivity index (χ1v) is 8.80. The van der Waals surface area contributed by atoms with Crippen molar-refractivity contribution < 1.29 is 0 Å². The van der Waals surface area contributed by atoms with Crippen LogP contribution in [0.5, 0.6) is 0 Å². The van der Waals surface area contributed by atoms with Gasteiger partial charge in [0.15, 0.2) is 5.65 Å². The molecule has 1 fully saturated rings. The summed E-state index contributed by atoms with van der Waals surface area (Å²) in [7, 11) is 0. The summed E-state index contributed by atoms with van der Waals surface area (Å²) in [6, 6.07) is 12.5. The summed E-state index contributed by atoms with van der Waals surface area (Å²) in [5, 5.41) is 3.02. The molecular weight excluding hydrogens is 314 g/mol. The van der Waals surface area contributed by atoms with E-state index in [-0.39, 0.29) is 5.56 Å². The number of fused-ring (bicyclic) bond motifs is 1. The van der Waals surface area contributed by atoms with Gasteiger partial charge in [-0.2, -0.15) is 0 Å². The molecule has 0 amide bonds. The highest BCUT2D eigenvalue weighted by atomic mass is 16.1. The van der Waals surface area contributed by atoms with Crippen LogP contribution in [0, 0.1) is 5.92 Å². The van der Waals surface area contributed by atoms with Gasteiger partial charge in [-0.05, 0) is 38.2 Å². The van der Waals surface area contributed by atoms with Gasteiger partial charge in [-0.1, -0.05) is 30.3 Å². The third-order valence-electron chi connectivity index (χ3n) is 5.19. The molecule has 0 bridgehead atoms. The molecule has 0 saturated carbocycles. The van der Waals surface area contributed by atoms with Gasteiger partial charge in [0.25, 0.3) is 5.56 Å². The average Bonchev–Trinajstić information content (AvgIpc) is 3.18. The first kappa shape index (κ1) is 16.1. The Kier molecular flexibility index (Phi) is 4.15. The number of aromatic amines is 1. The Bertz CT molecular complexity index is 920. The second-order valence-electron chi connectivity index (χ2n) is 6.87. The highest BCUT2D eigenvalue weighted by molar-refractivity contribution is 5.76. The van der Waals surface area contributed by atoms with Crippen molar-refractivity contribution in [1.29, 1.82) is 0 Å². The smallest absolute Gasteiger partial charge is 0.272 e. The normalized spacial score (nSPS) is 23.4. The fraction of sp³-hybridized carbons (Fsp3) is 0.368. The lowest BCUT2D eigenvalue weighted by atomic mass is 9.91. The molecule has 6 nitrogen and oxygen atoms in total. The van der Waals surface area contributed by atoms with Crippen molar-refractivity contribution in [1.82, 2.24) is 25.4 Å². The van der Waals surface area contributed by atoms with Crippen molar-refractivity contribution in [2.24, 2.45) is 5.92 Å². The van der Waals surface area contributed by atoms with Crippen LogP contribution in [0.3, 0.4) is 0 Å². The van der Waals surface area contributed by atoms with E-state index >= 15 is 0 Å². The van der Waals surface area contributed by atoms with Gasteiger partial charge in [0, 0.05) is 35.6 Å². The molecule has 6 heteroatoms. The number of benzene rings is 1. The third-order valence-corrected chi connectivity index (χ3v) is 5.19. The predicted molar refractivity (Wildman–Crippen MR) is 98.3 cm³/mol. The van der Waals surface area contributed by atoms with Crippen molar-refractivity contribution in [3.63, 3.8) is 0 Å². The summed E-state index contributed by atoms with van der Waals surface area (Å²) < 4.78 is 1.51. The Hall–Kier alpha value is -2.44. The van der Waals surface area contributed by atoms with E-state index < -0.39 is 0 Å². The summed E-state index contributed by atoms with van der Waals surface area (Å²) >= 11 is 0. The van der Waals surface area contributed by atoms with Crippen LogP contribution < -0.4 is 16.4 Å². The van der Waals surface area contributed by atoms with Crippen molar-refractivity contribution in [2.75, 3.05) is 0 Å². The van der Waals surface area contributed by atoms with Gasteiger partial charge >= 0.3 is 0 Å². The van der Waals surface area contributed by atoms with Crippen LogP contribution in [0.15, 0.2) is 47.4 Å². The molecule has 2 aromatic heterocycles. The number of hydrogen-bond acceptors (Lipinski definition) is 4. The molecule has 1 aliphatic rings. The topological polar surface area (TPSA) is 74.2 Å². The Labute approximate surface area is 146 Å². The molecule has 1 aromatic carbocycles. The number of aromatic nitrogens is 3. The number of hydrazine groups is 1. The van der Waals surface area contributed by atoms with Crippen molar-refractivity contribution in [2.45, 2.75) is 38.8 Å². The van der Waals surface area contributed by atoms with Gasteiger partial charge in [0.05, 0.1) is 0 Å². The lowest BCUT2D eigenvalue weighted by molar-refractivity contribution is 0.412. The highest BCUT2D eigenvalue weighted by Gasteiger charge is 2.29. The van der Waals surface area contributed by atoms with Crippen molar-refractivity contribution >= 4 is 5.65 Å². The van der Waals surface area contributed by atoms with Crippen LogP contribution in [-0.4, -0.2) is 26.7 Å². The van der Waals surface area contributed by atoms with E-state index in [9.17, 15) is 4.79 Å². The molecule has 3 N–H and O–H groups in total. The zero-order valence-electron chi connectivity index (χ0n) is 14.5. The minimum Gasteiger partial charge on any atom is -0.296 e. The average molecular weight is 337 g/mol. The largest absolute Gasteiger partial charge is 0.296 e. The molecule has 1 aliphatic heterocycles. The molecule has 3 aromatic rings. The first-order chi connectivity index (χ1) is 12.1. The van der Waals surface area contributed by atoms with Crippen LogP contribution in [0.4, 0.5) is 0 Å². The maximum Gasteiger partial charge on any atom is 0.272 e. The molecule has 0 spiro atoms. The molecule has 2 atom stereocenters. The van der Waals surface area contributed by atoms with Gasteiger partial charge in [-0.25, -0.2) is 9.50 Å². The maximum absolute atomic E-state index is 12.4. The Morgan fingerprint density at radius 1 is 1.12 bits per heavy atom. The minimum absolute atomic E-state index is 0.0639. The van der Waals surface area contributed by atoms with Gasteiger partial charge < -0.3 is 0 Å². The van der Waals surface area contributed by atoms with Crippen LogP contribution in [0.2, 0.25) is 0 Å². The molecule has 1 saturated heterocycles. The fourth-order valence-electron chi connectivity index (χ4n) is 3.71. The first-order valence-electron chi connectivity index (χ1n) is 8.80. The van der Waals surface area contributed by atoms with Crippen LogP contribution in [0.25, 0.3) is 16.8 Å². The van der Waals surface area contributed by atoms with Crippen molar-refractivity contribution in [3.8, 4) is 11.1 Å². The zero-order chi connectivity index (χ0) is 17.4. The summed E-state index contributed by atoms with van der Waals surface area (Å²) in [5.74, 6) is 0.528. The lowest BCUT2D eigenvalue weighted by Crippen LogP contribution is -2.30. The number of rotatable bonds is 4. The zero-order valence-corrected chi connectivity index (χ0v) is 14.5. The number of nitrogens with zero attached hydrogens (tertiary/aromatic N) is 2. The second kappa shape index (κ2) is 6.46.